The predicted octanol–water partition coefficient (Wildman–Crippen LogP) is 4.32. The molecule has 0 atom stereocenters. The van der Waals surface area contributed by atoms with Crippen LogP contribution in [0.5, 0.6) is 0 Å². The van der Waals surface area contributed by atoms with Gasteiger partial charge in [0.15, 0.2) is 0 Å². The lowest BCUT2D eigenvalue weighted by Gasteiger charge is -2.11. The van der Waals surface area contributed by atoms with Crippen molar-refractivity contribution in [2.75, 3.05) is 0 Å². The Kier molecular flexibility index (Phi) is 2.89. The number of halogens is 3. The van der Waals surface area contributed by atoms with E-state index in [1.807, 2.05) is 0 Å². The van der Waals surface area contributed by atoms with E-state index >= 15 is 0 Å². The number of benzene rings is 1. The van der Waals surface area contributed by atoms with Crippen LogP contribution in [0.15, 0.2) is 54.7 Å². The van der Waals surface area contributed by atoms with Gasteiger partial charge in [-0.15, -0.1) is 0 Å². The van der Waals surface area contributed by atoms with Crippen molar-refractivity contribution in [3.8, 4) is 11.3 Å². The summed E-state index contributed by atoms with van der Waals surface area (Å²) >= 11 is 0. The van der Waals surface area contributed by atoms with E-state index in [4.69, 9.17) is 0 Å². The molecule has 5 heteroatoms. The molecule has 3 aromatic rings. The molecule has 0 radical (unpaired) electrons. The fourth-order valence-corrected chi connectivity index (χ4v) is 2.05. The van der Waals surface area contributed by atoms with E-state index in [-0.39, 0.29) is 0 Å². The molecule has 0 saturated carbocycles. The van der Waals surface area contributed by atoms with Crippen LogP contribution in [0.1, 0.15) is 5.69 Å². The zero-order valence-electron chi connectivity index (χ0n) is 10.2. The van der Waals surface area contributed by atoms with Gasteiger partial charge in [0.05, 0.1) is 11.2 Å². The highest BCUT2D eigenvalue weighted by Gasteiger charge is 2.33. The topological polar surface area (TPSA) is 25.8 Å². The van der Waals surface area contributed by atoms with Gasteiger partial charge in [-0.3, -0.25) is 4.98 Å². The maximum atomic E-state index is 12.9. The standard InChI is InChI=1S/C15H9F3N2/c16-15(17,18)14-9-11(12-6-3-4-8-19-12)10-5-1-2-7-13(10)20-14/h1-9H. The van der Waals surface area contributed by atoms with Gasteiger partial charge in [-0.25, -0.2) is 4.98 Å². The fourth-order valence-electron chi connectivity index (χ4n) is 2.05. The van der Waals surface area contributed by atoms with Crippen molar-refractivity contribution in [1.82, 2.24) is 9.97 Å². The molecular weight excluding hydrogens is 265 g/mol. The van der Waals surface area contributed by atoms with Gasteiger partial charge in [0.2, 0.25) is 0 Å². The van der Waals surface area contributed by atoms with Crippen molar-refractivity contribution in [2.45, 2.75) is 6.18 Å². The second kappa shape index (κ2) is 4.59. The summed E-state index contributed by atoms with van der Waals surface area (Å²) in [6, 6.07) is 12.9. The third kappa shape index (κ3) is 2.22. The van der Waals surface area contributed by atoms with Gasteiger partial charge in [-0.05, 0) is 24.3 Å². The molecule has 0 fully saturated rings. The van der Waals surface area contributed by atoms with Gasteiger partial charge in [0.1, 0.15) is 5.69 Å². The Labute approximate surface area is 112 Å². The Morgan fingerprint density at radius 3 is 2.35 bits per heavy atom. The monoisotopic (exact) mass is 274 g/mol. The van der Waals surface area contributed by atoms with Crippen molar-refractivity contribution in [1.29, 1.82) is 0 Å². The first-order chi connectivity index (χ1) is 9.55. The summed E-state index contributed by atoms with van der Waals surface area (Å²) in [5.41, 5.74) is 0.333. The first kappa shape index (κ1) is 12.6. The van der Waals surface area contributed by atoms with E-state index in [1.54, 1.807) is 48.7 Å². The first-order valence-electron chi connectivity index (χ1n) is 5.94. The minimum atomic E-state index is -4.48. The van der Waals surface area contributed by atoms with Crippen LogP contribution in [0.2, 0.25) is 0 Å². The van der Waals surface area contributed by atoms with E-state index in [0.29, 0.717) is 22.2 Å². The molecule has 2 aromatic heterocycles. The molecule has 0 spiro atoms. The molecular formula is C15H9F3N2. The molecule has 20 heavy (non-hydrogen) atoms. The van der Waals surface area contributed by atoms with Crippen LogP contribution in [0.3, 0.4) is 0 Å². The molecule has 1 aromatic carbocycles. The molecule has 100 valence electrons. The normalized spacial score (nSPS) is 11.8. The number of alkyl halides is 3. The van der Waals surface area contributed by atoms with Crippen LogP contribution in [-0.2, 0) is 6.18 Å². The van der Waals surface area contributed by atoms with Gasteiger partial charge >= 0.3 is 6.18 Å². The summed E-state index contributed by atoms with van der Waals surface area (Å²) in [5.74, 6) is 0. The third-order valence-electron chi connectivity index (χ3n) is 2.95. The maximum absolute atomic E-state index is 12.9. The Morgan fingerprint density at radius 1 is 0.900 bits per heavy atom. The summed E-state index contributed by atoms with van der Waals surface area (Å²) in [5, 5.41) is 0.652. The minimum absolute atomic E-state index is 0.308. The SMILES string of the molecule is FC(F)(F)c1cc(-c2ccccn2)c2ccccc2n1. The second-order valence-corrected chi connectivity index (χ2v) is 4.28. The summed E-state index contributed by atoms with van der Waals surface area (Å²) in [6.45, 7) is 0. The average molecular weight is 274 g/mol. The van der Waals surface area contributed by atoms with Gasteiger partial charge in [0, 0.05) is 17.1 Å². The molecule has 0 aliphatic rings. The highest BCUT2D eigenvalue weighted by Crippen LogP contribution is 2.34. The largest absolute Gasteiger partial charge is 0.433 e. The molecule has 0 bridgehead atoms. The van der Waals surface area contributed by atoms with E-state index in [9.17, 15) is 13.2 Å². The predicted molar refractivity (Wildman–Crippen MR) is 70.0 cm³/mol. The van der Waals surface area contributed by atoms with Gasteiger partial charge < -0.3 is 0 Å². The average Bonchev–Trinajstić information content (AvgIpc) is 2.46. The quantitative estimate of drug-likeness (QED) is 0.660. The maximum Gasteiger partial charge on any atom is 0.433 e. The van der Waals surface area contributed by atoms with Crippen molar-refractivity contribution >= 4 is 10.9 Å². The molecule has 0 aliphatic carbocycles. The van der Waals surface area contributed by atoms with Gasteiger partial charge in [0.25, 0.3) is 0 Å². The fraction of sp³-hybridized carbons (Fsp3) is 0.0667. The van der Waals surface area contributed by atoms with Crippen LogP contribution >= 0.6 is 0 Å². The van der Waals surface area contributed by atoms with E-state index in [0.717, 1.165) is 6.07 Å². The lowest BCUT2D eigenvalue weighted by molar-refractivity contribution is -0.140. The molecule has 0 saturated heterocycles. The molecule has 0 unspecified atom stereocenters. The van der Waals surface area contributed by atoms with Gasteiger partial charge in [-0.2, -0.15) is 13.2 Å². The Hall–Kier alpha value is -2.43. The van der Waals surface area contributed by atoms with E-state index in [2.05, 4.69) is 9.97 Å². The number of aromatic nitrogens is 2. The molecule has 0 N–H and O–H groups in total. The number of para-hydroxylation sites is 1. The number of nitrogens with zero attached hydrogens (tertiary/aromatic N) is 2. The minimum Gasteiger partial charge on any atom is -0.256 e. The van der Waals surface area contributed by atoms with Crippen LogP contribution < -0.4 is 0 Å². The number of hydrogen-bond donors (Lipinski definition) is 0. The van der Waals surface area contributed by atoms with E-state index in [1.165, 1.54) is 0 Å². The van der Waals surface area contributed by atoms with Crippen LogP contribution in [0, 0.1) is 0 Å². The number of rotatable bonds is 1. The summed E-state index contributed by atoms with van der Waals surface area (Å²) in [7, 11) is 0. The number of hydrogen-bond acceptors (Lipinski definition) is 2. The molecule has 0 amide bonds. The van der Waals surface area contributed by atoms with Crippen molar-refractivity contribution < 1.29 is 13.2 Å². The van der Waals surface area contributed by atoms with Crippen LogP contribution in [0.25, 0.3) is 22.2 Å². The van der Waals surface area contributed by atoms with Crippen molar-refractivity contribution in [2.24, 2.45) is 0 Å². The first-order valence-corrected chi connectivity index (χ1v) is 5.94. The van der Waals surface area contributed by atoms with Crippen LogP contribution in [0.4, 0.5) is 13.2 Å². The highest BCUT2D eigenvalue weighted by atomic mass is 19.4. The lowest BCUT2D eigenvalue weighted by atomic mass is 10.0. The molecule has 0 aliphatic heterocycles. The highest BCUT2D eigenvalue weighted by molar-refractivity contribution is 5.93. The van der Waals surface area contributed by atoms with Crippen molar-refractivity contribution in [3.05, 3.63) is 60.4 Å². The van der Waals surface area contributed by atoms with Crippen LogP contribution in [-0.4, -0.2) is 9.97 Å². The Morgan fingerprint density at radius 2 is 1.65 bits per heavy atom. The summed E-state index contributed by atoms with van der Waals surface area (Å²) in [4.78, 5) is 7.81. The zero-order valence-corrected chi connectivity index (χ0v) is 10.2. The smallest absolute Gasteiger partial charge is 0.256 e. The Bertz CT molecular complexity index is 752. The van der Waals surface area contributed by atoms with Gasteiger partial charge in [-0.1, -0.05) is 24.3 Å². The third-order valence-corrected chi connectivity index (χ3v) is 2.95. The molecule has 2 heterocycles. The molecule has 2 nitrogen and oxygen atoms in total. The number of pyridine rings is 2. The zero-order chi connectivity index (χ0) is 14.2. The van der Waals surface area contributed by atoms with E-state index < -0.39 is 11.9 Å². The summed E-state index contributed by atoms with van der Waals surface area (Å²) in [6.07, 6.45) is -2.93. The summed E-state index contributed by atoms with van der Waals surface area (Å²) < 4.78 is 38.8. The molecule has 3 rings (SSSR count). The van der Waals surface area contributed by atoms with Crippen molar-refractivity contribution in [3.63, 3.8) is 0 Å². The number of fused-ring (bicyclic) bond motifs is 1. The Balaban J connectivity index is 2.34. The lowest BCUT2D eigenvalue weighted by Crippen LogP contribution is -2.08. The second-order valence-electron chi connectivity index (χ2n) is 4.28.